The Morgan fingerprint density at radius 3 is 2.46 bits per heavy atom. The first-order chi connectivity index (χ1) is 25.0. The fraction of sp³-hybridized carbons (Fsp3) is 0.300. The standard InChI is InChI=1S/C40H42BrN5O5Si/c1-26-37(52(2,3)50)36(19-20-45-24-34(43-44-45)32(25-47)28-12-6-4-7-13-28)51-40(26)33-22-30(41)17-18-35(33)46(39(40)49)23-27-11-10-16-31(21-27)42-38(48)29-14-8-5-9-15-29/h4-18,21-22,24,26,32,36-37,47,50H,19-20,23,25H2,1-3H3,(H,42,48)/t26-,32?,36+,37-,40+/m0/s1. The van der Waals surface area contributed by atoms with Crippen molar-refractivity contribution >= 4 is 47.4 Å². The van der Waals surface area contributed by atoms with Crippen LogP contribution in [0.4, 0.5) is 11.4 Å². The molecule has 1 spiro atoms. The summed E-state index contributed by atoms with van der Waals surface area (Å²) in [5.74, 6) is -1.00. The second-order valence-corrected chi connectivity index (χ2v) is 19.2. The molecule has 3 N–H and O–H groups in total. The summed E-state index contributed by atoms with van der Waals surface area (Å²) in [5, 5.41) is 21.9. The van der Waals surface area contributed by atoms with Crippen molar-refractivity contribution in [3.05, 3.63) is 142 Å². The van der Waals surface area contributed by atoms with Crippen LogP contribution in [-0.4, -0.2) is 57.7 Å². The van der Waals surface area contributed by atoms with Crippen LogP contribution in [0.2, 0.25) is 18.6 Å². The number of amides is 2. The molecule has 0 aliphatic carbocycles. The Morgan fingerprint density at radius 1 is 1.02 bits per heavy atom. The summed E-state index contributed by atoms with van der Waals surface area (Å²) < 4.78 is 9.60. The normalized spacial score (nSPS) is 21.8. The number of aliphatic hydroxyl groups excluding tert-OH is 1. The highest BCUT2D eigenvalue weighted by atomic mass is 79.9. The third-order valence-electron chi connectivity index (χ3n) is 10.4. The van der Waals surface area contributed by atoms with Crippen LogP contribution in [0.15, 0.2) is 114 Å². The number of aryl methyl sites for hydroxylation is 1. The lowest BCUT2D eigenvalue weighted by molar-refractivity contribution is -0.146. The van der Waals surface area contributed by atoms with E-state index in [1.54, 1.807) is 21.7 Å². The van der Waals surface area contributed by atoms with Crippen molar-refractivity contribution in [1.29, 1.82) is 0 Å². The zero-order valence-corrected chi connectivity index (χ0v) is 31.9. The zero-order valence-electron chi connectivity index (χ0n) is 29.3. The lowest BCUT2D eigenvalue weighted by Gasteiger charge is -2.32. The van der Waals surface area contributed by atoms with Gasteiger partial charge in [-0.3, -0.25) is 14.3 Å². The molecule has 2 aliphatic rings. The van der Waals surface area contributed by atoms with E-state index in [2.05, 4.69) is 31.6 Å². The van der Waals surface area contributed by atoms with Crippen LogP contribution in [0.5, 0.6) is 0 Å². The van der Waals surface area contributed by atoms with Crippen molar-refractivity contribution in [3.63, 3.8) is 0 Å². The van der Waals surface area contributed by atoms with E-state index in [0.29, 0.717) is 29.9 Å². The number of fused-ring (bicyclic) bond motifs is 2. The summed E-state index contributed by atoms with van der Waals surface area (Å²) in [6.07, 6.45) is 1.93. The quantitative estimate of drug-likeness (QED) is 0.125. The Balaban J connectivity index is 1.15. The Morgan fingerprint density at radius 2 is 1.75 bits per heavy atom. The van der Waals surface area contributed by atoms with E-state index >= 15 is 0 Å². The van der Waals surface area contributed by atoms with Gasteiger partial charge in [-0.25, -0.2) is 0 Å². The summed E-state index contributed by atoms with van der Waals surface area (Å²) in [7, 11) is -2.88. The first kappa shape index (κ1) is 35.9. The van der Waals surface area contributed by atoms with Gasteiger partial charge in [-0.2, -0.15) is 0 Å². The van der Waals surface area contributed by atoms with Crippen LogP contribution in [0, 0.1) is 5.92 Å². The van der Waals surface area contributed by atoms with E-state index in [1.165, 1.54) is 0 Å². The number of benzene rings is 4. The molecule has 1 saturated heterocycles. The second-order valence-electron chi connectivity index (χ2n) is 14.3. The molecule has 0 bridgehead atoms. The van der Waals surface area contributed by atoms with Gasteiger partial charge in [0.1, 0.15) is 0 Å². The number of carbonyl (C=O) groups is 2. The highest BCUT2D eigenvalue weighted by Crippen LogP contribution is 2.60. The molecule has 0 radical (unpaired) electrons. The van der Waals surface area contributed by atoms with Gasteiger partial charge in [0.25, 0.3) is 11.8 Å². The monoisotopic (exact) mass is 779 g/mol. The first-order valence-corrected chi connectivity index (χ1v) is 21.3. The number of aliphatic hydroxyl groups is 1. The first-order valence-electron chi connectivity index (χ1n) is 17.5. The van der Waals surface area contributed by atoms with Crippen molar-refractivity contribution in [1.82, 2.24) is 15.0 Å². The number of carbonyl (C=O) groups excluding carboxylic acids is 2. The summed E-state index contributed by atoms with van der Waals surface area (Å²) in [4.78, 5) is 41.3. The van der Waals surface area contributed by atoms with E-state index in [1.807, 2.05) is 117 Å². The SMILES string of the molecule is C[C@H]1[C@H]([Si](C)(C)O)[C@@H](CCn2cc(C(CO)c3ccccc3)nn2)O[C@]12C(=O)N(Cc1cccc(NC(=O)c3ccccc3)c1)c1ccc(Br)cc12. The largest absolute Gasteiger partial charge is 0.432 e. The van der Waals surface area contributed by atoms with Crippen LogP contribution >= 0.6 is 15.9 Å². The molecular weight excluding hydrogens is 738 g/mol. The van der Waals surface area contributed by atoms with Gasteiger partial charge in [0.15, 0.2) is 13.9 Å². The lowest BCUT2D eigenvalue weighted by Crippen LogP contribution is -2.46. The average molecular weight is 781 g/mol. The summed E-state index contributed by atoms with van der Waals surface area (Å²) in [6, 6.07) is 32.1. The van der Waals surface area contributed by atoms with Crippen LogP contribution < -0.4 is 10.2 Å². The highest BCUT2D eigenvalue weighted by molar-refractivity contribution is 9.10. The molecule has 3 heterocycles. The number of aromatic nitrogens is 3. The fourth-order valence-corrected chi connectivity index (χ4v) is 11.1. The molecule has 12 heteroatoms. The zero-order chi connectivity index (χ0) is 36.6. The molecule has 2 aliphatic heterocycles. The molecule has 1 aromatic heterocycles. The molecule has 5 atom stereocenters. The molecule has 5 aromatic rings. The van der Waals surface area contributed by atoms with E-state index in [-0.39, 0.29) is 42.3 Å². The third-order valence-corrected chi connectivity index (χ3v) is 13.4. The lowest BCUT2D eigenvalue weighted by atomic mass is 9.82. The minimum absolute atomic E-state index is 0.0962. The summed E-state index contributed by atoms with van der Waals surface area (Å²) >= 11 is 3.64. The molecule has 2 amide bonds. The van der Waals surface area contributed by atoms with Gasteiger partial charge in [0.2, 0.25) is 0 Å². The van der Waals surface area contributed by atoms with Gasteiger partial charge >= 0.3 is 0 Å². The van der Waals surface area contributed by atoms with Gasteiger partial charge in [-0.1, -0.05) is 88.7 Å². The van der Waals surface area contributed by atoms with Gasteiger partial charge in [-0.05, 0) is 73.1 Å². The smallest absolute Gasteiger partial charge is 0.264 e. The second kappa shape index (κ2) is 14.5. The summed E-state index contributed by atoms with van der Waals surface area (Å²) in [5.41, 5.74) is 3.64. The maximum Gasteiger partial charge on any atom is 0.264 e. The minimum Gasteiger partial charge on any atom is -0.432 e. The topological polar surface area (TPSA) is 130 Å². The molecule has 10 nitrogen and oxygen atoms in total. The maximum atomic E-state index is 14.9. The predicted octanol–water partition coefficient (Wildman–Crippen LogP) is 6.85. The Kier molecular flexibility index (Phi) is 10.0. The van der Waals surface area contributed by atoms with Gasteiger partial charge in [-0.15, -0.1) is 5.10 Å². The molecule has 1 fully saturated rings. The predicted molar refractivity (Wildman–Crippen MR) is 205 cm³/mol. The van der Waals surface area contributed by atoms with Crippen LogP contribution in [-0.2, 0) is 28.2 Å². The number of halogens is 1. The number of anilines is 2. The van der Waals surface area contributed by atoms with E-state index in [9.17, 15) is 19.5 Å². The Hall–Kier alpha value is -4.46. The van der Waals surface area contributed by atoms with Crippen LogP contribution in [0.25, 0.3) is 0 Å². The van der Waals surface area contributed by atoms with Gasteiger partial charge < -0.3 is 24.9 Å². The minimum atomic E-state index is -2.88. The molecule has 4 aromatic carbocycles. The maximum absolute atomic E-state index is 14.9. The Labute approximate surface area is 312 Å². The van der Waals surface area contributed by atoms with Crippen molar-refractivity contribution in [3.8, 4) is 0 Å². The number of rotatable bonds is 11. The molecule has 7 rings (SSSR count). The van der Waals surface area contributed by atoms with E-state index in [4.69, 9.17) is 4.74 Å². The van der Waals surface area contributed by atoms with Crippen molar-refractivity contribution in [2.45, 2.75) is 62.7 Å². The molecule has 1 unspecified atom stereocenters. The van der Waals surface area contributed by atoms with Gasteiger partial charge in [0.05, 0.1) is 36.6 Å². The molecule has 52 heavy (non-hydrogen) atoms. The molecule has 0 saturated carbocycles. The number of hydrogen-bond donors (Lipinski definition) is 3. The van der Waals surface area contributed by atoms with Crippen LogP contribution in [0.3, 0.4) is 0 Å². The summed E-state index contributed by atoms with van der Waals surface area (Å²) in [6.45, 7) is 6.49. The van der Waals surface area contributed by atoms with Crippen LogP contribution in [0.1, 0.15) is 52.0 Å². The molecular formula is C40H42BrN5O5Si. The van der Waals surface area contributed by atoms with Crippen molar-refractivity contribution in [2.75, 3.05) is 16.8 Å². The van der Waals surface area contributed by atoms with E-state index < -0.39 is 20.0 Å². The van der Waals surface area contributed by atoms with Crippen molar-refractivity contribution in [2.24, 2.45) is 5.92 Å². The average Bonchev–Trinajstić information content (AvgIpc) is 3.79. The highest BCUT2D eigenvalue weighted by Gasteiger charge is 2.66. The number of nitrogens with zero attached hydrogens (tertiary/aromatic N) is 4. The van der Waals surface area contributed by atoms with Gasteiger partial charge in [0, 0.05) is 45.5 Å². The van der Waals surface area contributed by atoms with E-state index in [0.717, 1.165) is 26.9 Å². The number of hydrogen-bond acceptors (Lipinski definition) is 7. The number of ether oxygens (including phenoxy) is 1. The third kappa shape index (κ3) is 6.77. The molecule has 268 valence electrons. The number of nitrogens with one attached hydrogen (secondary N) is 1. The van der Waals surface area contributed by atoms with Crippen molar-refractivity contribution < 1.29 is 24.2 Å². The fourth-order valence-electron chi connectivity index (χ4n) is 8.10. The Bertz CT molecular complexity index is 2070.